The largest absolute Gasteiger partial charge is 0.457 e. The van der Waals surface area contributed by atoms with Gasteiger partial charge in [0.1, 0.15) is 17.5 Å². The third kappa shape index (κ3) is 4.04. The molecule has 2 aromatic rings. The number of amides is 1. The summed E-state index contributed by atoms with van der Waals surface area (Å²) in [7, 11) is 0. The summed E-state index contributed by atoms with van der Waals surface area (Å²) in [5, 5.41) is 8.80. The molecule has 1 atom stereocenters. The molecular weight excluding hydrogens is 312 g/mol. The van der Waals surface area contributed by atoms with E-state index in [1.165, 1.54) is 0 Å². The van der Waals surface area contributed by atoms with Gasteiger partial charge in [-0.05, 0) is 36.2 Å². The van der Waals surface area contributed by atoms with Crippen LogP contribution in [0.25, 0.3) is 0 Å². The van der Waals surface area contributed by atoms with Crippen molar-refractivity contribution in [3.63, 3.8) is 0 Å². The van der Waals surface area contributed by atoms with Gasteiger partial charge in [-0.2, -0.15) is 0 Å². The molecule has 0 radical (unpaired) electrons. The zero-order valence-electron chi connectivity index (χ0n) is 12.5. The second-order valence-corrected chi connectivity index (χ2v) is 6.38. The molecule has 1 heterocycles. The van der Waals surface area contributed by atoms with Crippen LogP contribution in [0.3, 0.4) is 0 Å². The summed E-state index contributed by atoms with van der Waals surface area (Å²) in [4.78, 5) is 11.6. The number of nitrogens with zero attached hydrogens (tertiary/aromatic N) is 1. The van der Waals surface area contributed by atoms with Crippen molar-refractivity contribution in [1.29, 1.82) is 0 Å². The van der Waals surface area contributed by atoms with Crippen molar-refractivity contribution >= 4 is 17.9 Å². The highest BCUT2D eigenvalue weighted by atomic mass is 32.2. The molecule has 1 saturated heterocycles. The highest BCUT2D eigenvalue weighted by molar-refractivity contribution is 7.97. The molecule has 23 heavy (non-hydrogen) atoms. The van der Waals surface area contributed by atoms with Crippen LogP contribution >= 0.6 is 11.9 Å². The number of nitrogens with one attached hydrogen (secondary N) is 1. The second-order valence-electron chi connectivity index (χ2n) is 5.25. The van der Waals surface area contributed by atoms with Gasteiger partial charge in [0.2, 0.25) is 0 Å². The van der Waals surface area contributed by atoms with Gasteiger partial charge in [0.15, 0.2) is 0 Å². The molecule has 0 aromatic heterocycles. The van der Waals surface area contributed by atoms with Crippen molar-refractivity contribution in [2.24, 2.45) is 0 Å². The molecule has 1 aliphatic heterocycles. The Morgan fingerprint density at radius 3 is 2.57 bits per heavy atom. The lowest BCUT2D eigenvalue weighted by Crippen LogP contribution is -2.39. The van der Waals surface area contributed by atoms with E-state index in [0.29, 0.717) is 6.54 Å². The summed E-state index contributed by atoms with van der Waals surface area (Å²) < 4.78 is 7.76. The lowest BCUT2D eigenvalue weighted by atomic mass is 10.1. The van der Waals surface area contributed by atoms with E-state index in [1.54, 1.807) is 17.4 Å². The molecular formula is C17H18N2O3S. The first-order valence-electron chi connectivity index (χ1n) is 7.41. The second kappa shape index (κ2) is 7.50. The molecule has 0 aliphatic carbocycles. The standard InChI is InChI=1S/C17H18N2O3S/c20-17(18-21)16-10-11-23-19(16)12-13-6-8-15(9-7-13)22-14-4-2-1-3-5-14/h1-9,16,21H,10-12H2,(H,18,20)/t16-/m1/s1. The Kier molecular flexibility index (Phi) is 5.17. The Balaban J connectivity index is 1.62. The van der Waals surface area contributed by atoms with Crippen LogP contribution in [0.2, 0.25) is 0 Å². The number of hydroxylamine groups is 1. The predicted octanol–water partition coefficient (Wildman–Crippen LogP) is 3.21. The first kappa shape index (κ1) is 15.9. The van der Waals surface area contributed by atoms with Crippen molar-refractivity contribution in [2.45, 2.75) is 19.0 Å². The third-order valence-electron chi connectivity index (χ3n) is 3.65. The molecule has 120 valence electrons. The van der Waals surface area contributed by atoms with Gasteiger partial charge in [-0.1, -0.05) is 42.3 Å². The first-order valence-corrected chi connectivity index (χ1v) is 8.36. The average Bonchev–Trinajstić information content (AvgIpc) is 3.05. The average molecular weight is 330 g/mol. The molecule has 3 rings (SSSR count). The van der Waals surface area contributed by atoms with Gasteiger partial charge in [0.25, 0.3) is 5.91 Å². The number of ether oxygens (including phenoxy) is 1. The van der Waals surface area contributed by atoms with Crippen LogP contribution < -0.4 is 10.2 Å². The van der Waals surface area contributed by atoms with Gasteiger partial charge in [0.05, 0.1) is 0 Å². The van der Waals surface area contributed by atoms with Crippen LogP contribution in [0, 0.1) is 0 Å². The lowest BCUT2D eigenvalue weighted by molar-refractivity contribution is -0.132. The Labute approximate surface area is 139 Å². The van der Waals surface area contributed by atoms with E-state index in [2.05, 4.69) is 0 Å². The zero-order valence-corrected chi connectivity index (χ0v) is 13.3. The minimum atomic E-state index is -0.348. The number of hydrogen-bond acceptors (Lipinski definition) is 5. The van der Waals surface area contributed by atoms with Gasteiger partial charge >= 0.3 is 0 Å². The molecule has 1 fully saturated rings. The van der Waals surface area contributed by atoms with E-state index in [9.17, 15) is 4.79 Å². The fourth-order valence-electron chi connectivity index (χ4n) is 2.48. The monoisotopic (exact) mass is 330 g/mol. The van der Waals surface area contributed by atoms with E-state index in [4.69, 9.17) is 9.94 Å². The minimum absolute atomic E-state index is 0.287. The molecule has 1 amide bonds. The van der Waals surface area contributed by atoms with Crippen LogP contribution in [-0.2, 0) is 11.3 Å². The lowest BCUT2D eigenvalue weighted by Gasteiger charge is -2.21. The zero-order chi connectivity index (χ0) is 16.1. The summed E-state index contributed by atoms with van der Waals surface area (Å²) in [6.45, 7) is 0.647. The van der Waals surface area contributed by atoms with E-state index >= 15 is 0 Å². The van der Waals surface area contributed by atoms with Crippen molar-refractivity contribution in [2.75, 3.05) is 5.75 Å². The molecule has 6 heteroatoms. The molecule has 0 saturated carbocycles. The number of para-hydroxylation sites is 1. The van der Waals surface area contributed by atoms with Gasteiger partial charge in [-0.3, -0.25) is 10.0 Å². The topological polar surface area (TPSA) is 61.8 Å². The molecule has 0 unspecified atom stereocenters. The summed E-state index contributed by atoms with van der Waals surface area (Å²) in [6, 6.07) is 17.2. The number of hydrogen-bond donors (Lipinski definition) is 2. The van der Waals surface area contributed by atoms with Crippen molar-refractivity contribution < 1.29 is 14.7 Å². The Morgan fingerprint density at radius 2 is 1.87 bits per heavy atom. The Morgan fingerprint density at radius 1 is 1.17 bits per heavy atom. The molecule has 1 aliphatic rings. The maximum Gasteiger partial charge on any atom is 0.261 e. The number of rotatable bonds is 5. The molecule has 2 aromatic carbocycles. The molecule has 5 nitrogen and oxygen atoms in total. The van der Waals surface area contributed by atoms with Crippen molar-refractivity contribution in [1.82, 2.24) is 9.79 Å². The summed E-state index contributed by atoms with van der Waals surface area (Å²) >= 11 is 1.63. The normalized spacial score (nSPS) is 17.9. The van der Waals surface area contributed by atoms with Gasteiger partial charge < -0.3 is 4.74 Å². The maximum absolute atomic E-state index is 11.6. The smallest absolute Gasteiger partial charge is 0.261 e. The van der Waals surface area contributed by atoms with E-state index in [1.807, 2.05) is 58.9 Å². The molecule has 0 spiro atoms. The maximum atomic E-state index is 11.6. The fourth-order valence-corrected chi connectivity index (χ4v) is 3.66. The van der Waals surface area contributed by atoms with Crippen LogP contribution in [0.15, 0.2) is 54.6 Å². The van der Waals surface area contributed by atoms with Gasteiger partial charge in [-0.25, -0.2) is 9.79 Å². The van der Waals surface area contributed by atoms with E-state index in [-0.39, 0.29) is 11.9 Å². The van der Waals surface area contributed by atoms with Crippen LogP contribution in [0.4, 0.5) is 0 Å². The minimum Gasteiger partial charge on any atom is -0.457 e. The highest BCUT2D eigenvalue weighted by Gasteiger charge is 2.31. The Bertz CT molecular complexity index is 649. The first-order chi connectivity index (χ1) is 11.3. The van der Waals surface area contributed by atoms with E-state index in [0.717, 1.165) is 29.2 Å². The molecule has 2 N–H and O–H groups in total. The van der Waals surface area contributed by atoms with Gasteiger partial charge in [-0.15, -0.1) is 0 Å². The van der Waals surface area contributed by atoms with Crippen molar-refractivity contribution in [3.05, 3.63) is 60.2 Å². The van der Waals surface area contributed by atoms with Crippen LogP contribution in [0.5, 0.6) is 11.5 Å². The summed E-state index contributed by atoms with van der Waals surface area (Å²) in [5.74, 6) is 2.11. The Hall–Kier alpha value is -2.02. The van der Waals surface area contributed by atoms with Crippen molar-refractivity contribution in [3.8, 4) is 11.5 Å². The fraction of sp³-hybridized carbons (Fsp3) is 0.235. The summed E-state index contributed by atoms with van der Waals surface area (Å²) in [5.41, 5.74) is 2.84. The van der Waals surface area contributed by atoms with Crippen LogP contribution in [-0.4, -0.2) is 27.2 Å². The number of carbonyl (C=O) groups is 1. The van der Waals surface area contributed by atoms with E-state index < -0.39 is 0 Å². The number of benzene rings is 2. The predicted molar refractivity (Wildman–Crippen MR) is 89.3 cm³/mol. The SMILES string of the molecule is O=C(NO)[C@H]1CCSN1Cc1ccc(Oc2ccccc2)cc1. The highest BCUT2D eigenvalue weighted by Crippen LogP contribution is 2.30. The third-order valence-corrected chi connectivity index (χ3v) is 4.78. The van der Waals surface area contributed by atoms with Crippen LogP contribution in [0.1, 0.15) is 12.0 Å². The quantitative estimate of drug-likeness (QED) is 0.501. The van der Waals surface area contributed by atoms with Gasteiger partial charge in [0, 0.05) is 12.3 Å². The summed E-state index contributed by atoms with van der Waals surface area (Å²) in [6.07, 6.45) is 0.742. The number of carbonyl (C=O) groups excluding carboxylic acids is 1. The molecule has 0 bridgehead atoms.